The predicted molar refractivity (Wildman–Crippen MR) is 60.1 cm³/mol. The first kappa shape index (κ1) is 10.1. The van der Waals surface area contributed by atoms with Gasteiger partial charge in [0.15, 0.2) is 0 Å². The van der Waals surface area contributed by atoms with Gasteiger partial charge in [0.25, 0.3) is 0 Å². The highest BCUT2D eigenvalue weighted by molar-refractivity contribution is 9.10. The van der Waals surface area contributed by atoms with Gasteiger partial charge in [-0.1, -0.05) is 0 Å². The standard InChI is InChI=1S/C10H14BrN3/c11-10-5-9(6-13-7-10)8-14-3-1-12-2-4-14/h5-7,12H,1-4,8H2. The van der Waals surface area contributed by atoms with Crippen molar-refractivity contribution in [2.75, 3.05) is 26.2 Å². The van der Waals surface area contributed by atoms with Crippen LogP contribution in [-0.4, -0.2) is 36.1 Å². The minimum Gasteiger partial charge on any atom is -0.314 e. The number of halogens is 1. The highest BCUT2D eigenvalue weighted by atomic mass is 79.9. The number of aromatic nitrogens is 1. The Bertz CT molecular complexity index is 297. The van der Waals surface area contributed by atoms with E-state index in [0.29, 0.717) is 0 Å². The molecule has 1 fully saturated rings. The van der Waals surface area contributed by atoms with Gasteiger partial charge in [-0.25, -0.2) is 0 Å². The summed E-state index contributed by atoms with van der Waals surface area (Å²) in [5.74, 6) is 0. The largest absolute Gasteiger partial charge is 0.314 e. The molecule has 0 aromatic carbocycles. The second-order valence-electron chi connectivity index (χ2n) is 3.54. The molecular formula is C10H14BrN3. The van der Waals surface area contributed by atoms with E-state index < -0.39 is 0 Å². The molecule has 2 rings (SSSR count). The summed E-state index contributed by atoms with van der Waals surface area (Å²) in [5, 5.41) is 3.35. The van der Waals surface area contributed by atoms with Gasteiger partial charge in [0.1, 0.15) is 0 Å². The molecule has 0 unspecified atom stereocenters. The summed E-state index contributed by atoms with van der Waals surface area (Å²) in [6, 6.07) is 2.13. The lowest BCUT2D eigenvalue weighted by Gasteiger charge is -2.27. The van der Waals surface area contributed by atoms with E-state index in [-0.39, 0.29) is 0 Å². The molecule has 4 heteroatoms. The average Bonchev–Trinajstić information content (AvgIpc) is 2.19. The van der Waals surface area contributed by atoms with Crippen molar-refractivity contribution in [2.24, 2.45) is 0 Å². The fraction of sp³-hybridized carbons (Fsp3) is 0.500. The summed E-state index contributed by atoms with van der Waals surface area (Å²) >= 11 is 3.43. The average molecular weight is 256 g/mol. The third kappa shape index (κ3) is 2.77. The molecular weight excluding hydrogens is 242 g/mol. The van der Waals surface area contributed by atoms with Gasteiger partial charge in [-0.2, -0.15) is 0 Å². The van der Waals surface area contributed by atoms with Crippen LogP contribution in [0, 0.1) is 0 Å². The van der Waals surface area contributed by atoms with Crippen molar-refractivity contribution < 1.29 is 0 Å². The molecule has 0 amide bonds. The van der Waals surface area contributed by atoms with Gasteiger partial charge < -0.3 is 5.32 Å². The summed E-state index contributed by atoms with van der Waals surface area (Å²) < 4.78 is 1.06. The zero-order chi connectivity index (χ0) is 9.80. The molecule has 14 heavy (non-hydrogen) atoms. The predicted octanol–water partition coefficient (Wildman–Crippen LogP) is 1.25. The molecule has 1 saturated heterocycles. The molecule has 1 aromatic rings. The Morgan fingerprint density at radius 3 is 2.86 bits per heavy atom. The molecule has 76 valence electrons. The molecule has 0 radical (unpaired) electrons. The van der Waals surface area contributed by atoms with E-state index in [1.807, 2.05) is 12.4 Å². The van der Waals surface area contributed by atoms with E-state index in [1.54, 1.807) is 0 Å². The Kier molecular flexibility index (Phi) is 3.50. The fourth-order valence-electron chi connectivity index (χ4n) is 1.67. The third-order valence-electron chi connectivity index (χ3n) is 2.38. The van der Waals surface area contributed by atoms with Crippen LogP contribution in [0.3, 0.4) is 0 Å². The highest BCUT2D eigenvalue weighted by Gasteiger charge is 2.09. The molecule has 0 aliphatic carbocycles. The van der Waals surface area contributed by atoms with Gasteiger partial charge in [-0.15, -0.1) is 0 Å². The fourth-order valence-corrected chi connectivity index (χ4v) is 2.08. The lowest BCUT2D eigenvalue weighted by Crippen LogP contribution is -2.42. The van der Waals surface area contributed by atoms with E-state index in [4.69, 9.17) is 0 Å². The first-order valence-electron chi connectivity index (χ1n) is 4.87. The summed E-state index contributed by atoms with van der Waals surface area (Å²) in [6.45, 7) is 5.47. The maximum Gasteiger partial charge on any atom is 0.0410 e. The van der Waals surface area contributed by atoms with Crippen LogP contribution < -0.4 is 5.32 Å². The monoisotopic (exact) mass is 255 g/mol. The SMILES string of the molecule is Brc1cncc(CN2CCNCC2)c1. The van der Waals surface area contributed by atoms with Crippen molar-refractivity contribution in [3.63, 3.8) is 0 Å². The van der Waals surface area contributed by atoms with Crippen molar-refractivity contribution in [1.82, 2.24) is 15.2 Å². The van der Waals surface area contributed by atoms with Gasteiger partial charge in [-0.05, 0) is 27.6 Å². The zero-order valence-corrected chi connectivity index (χ0v) is 9.63. The van der Waals surface area contributed by atoms with Crippen LogP contribution in [0.2, 0.25) is 0 Å². The highest BCUT2D eigenvalue weighted by Crippen LogP contribution is 2.11. The van der Waals surface area contributed by atoms with Crippen molar-refractivity contribution >= 4 is 15.9 Å². The van der Waals surface area contributed by atoms with Crippen molar-refractivity contribution in [3.8, 4) is 0 Å². The molecule has 2 heterocycles. The topological polar surface area (TPSA) is 28.2 Å². The van der Waals surface area contributed by atoms with Crippen LogP contribution in [0.15, 0.2) is 22.9 Å². The van der Waals surface area contributed by atoms with Crippen LogP contribution in [0.4, 0.5) is 0 Å². The van der Waals surface area contributed by atoms with Gasteiger partial charge in [0.05, 0.1) is 0 Å². The molecule has 0 spiro atoms. The van der Waals surface area contributed by atoms with E-state index in [1.165, 1.54) is 5.56 Å². The number of pyridine rings is 1. The Morgan fingerprint density at radius 2 is 2.14 bits per heavy atom. The Labute approximate surface area is 92.6 Å². The number of rotatable bonds is 2. The molecule has 0 saturated carbocycles. The van der Waals surface area contributed by atoms with Crippen molar-refractivity contribution in [1.29, 1.82) is 0 Å². The number of hydrogen-bond donors (Lipinski definition) is 1. The van der Waals surface area contributed by atoms with E-state index in [2.05, 4.69) is 37.2 Å². The molecule has 1 N–H and O–H groups in total. The van der Waals surface area contributed by atoms with Crippen LogP contribution in [0.25, 0.3) is 0 Å². The molecule has 1 aliphatic heterocycles. The second-order valence-corrected chi connectivity index (χ2v) is 4.45. The number of nitrogens with zero attached hydrogens (tertiary/aromatic N) is 2. The maximum absolute atomic E-state index is 4.16. The number of nitrogens with one attached hydrogen (secondary N) is 1. The Hall–Kier alpha value is -0.450. The summed E-state index contributed by atoms with van der Waals surface area (Å²) in [4.78, 5) is 6.60. The minimum atomic E-state index is 1.01. The normalized spacial score (nSPS) is 18.4. The summed E-state index contributed by atoms with van der Waals surface area (Å²) in [5.41, 5.74) is 1.28. The lowest BCUT2D eigenvalue weighted by atomic mass is 10.2. The van der Waals surface area contributed by atoms with Gasteiger partial charge in [-0.3, -0.25) is 9.88 Å². The first-order valence-corrected chi connectivity index (χ1v) is 5.66. The summed E-state index contributed by atoms with van der Waals surface area (Å²) in [7, 11) is 0. The number of piperazine rings is 1. The van der Waals surface area contributed by atoms with Gasteiger partial charge >= 0.3 is 0 Å². The van der Waals surface area contributed by atoms with Crippen LogP contribution in [-0.2, 0) is 6.54 Å². The number of hydrogen-bond acceptors (Lipinski definition) is 3. The maximum atomic E-state index is 4.16. The minimum absolute atomic E-state index is 1.01. The van der Waals surface area contributed by atoms with Crippen molar-refractivity contribution in [3.05, 3.63) is 28.5 Å². The van der Waals surface area contributed by atoms with Crippen LogP contribution in [0.5, 0.6) is 0 Å². The van der Waals surface area contributed by atoms with E-state index in [0.717, 1.165) is 37.2 Å². The van der Waals surface area contributed by atoms with Gasteiger partial charge in [0, 0.05) is 49.6 Å². The van der Waals surface area contributed by atoms with Crippen LogP contribution >= 0.6 is 15.9 Å². The summed E-state index contributed by atoms with van der Waals surface area (Å²) in [6.07, 6.45) is 3.76. The molecule has 3 nitrogen and oxygen atoms in total. The van der Waals surface area contributed by atoms with Crippen molar-refractivity contribution in [2.45, 2.75) is 6.54 Å². The first-order chi connectivity index (χ1) is 6.84. The Morgan fingerprint density at radius 1 is 1.36 bits per heavy atom. The van der Waals surface area contributed by atoms with E-state index >= 15 is 0 Å². The second kappa shape index (κ2) is 4.87. The molecule has 0 bridgehead atoms. The quantitative estimate of drug-likeness (QED) is 0.863. The zero-order valence-electron chi connectivity index (χ0n) is 8.04. The molecule has 1 aromatic heterocycles. The molecule has 1 aliphatic rings. The van der Waals surface area contributed by atoms with Crippen LogP contribution in [0.1, 0.15) is 5.56 Å². The van der Waals surface area contributed by atoms with Gasteiger partial charge in [0.2, 0.25) is 0 Å². The van der Waals surface area contributed by atoms with E-state index in [9.17, 15) is 0 Å². The Balaban J connectivity index is 1.95. The smallest absolute Gasteiger partial charge is 0.0410 e. The molecule has 0 atom stereocenters. The lowest BCUT2D eigenvalue weighted by molar-refractivity contribution is 0.233. The third-order valence-corrected chi connectivity index (χ3v) is 2.81.